The maximum Gasteiger partial charge on any atom is 0.230 e. The Bertz CT molecular complexity index is 616. The standard InChI is InChI=1S/C13H15Cl2N5/c1-4-16-12-17-11(18-13(19-12)20(2)3)8-6-5-7-9(14)10(8)15/h5-7H,4H2,1-3H3,(H,16,17,18,19). The number of anilines is 2. The van der Waals surface area contributed by atoms with Crippen molar-refractivity contribution in [1.82, 2.24) is 15.0 Å². The summed E-state index contributed by atoms with van der Waals surface area (Å²) in [5.74, 6) is 1.56. The van der Waals surface area contributed by atoms with E-state index < -0.39 is 0 Å². The third-order valence-corrected chi connectivity index (χ3v) is 3.37. The van der Waals surface area contributed by atoms with E-state index in [4.69, 9.17) is 23.2 Å². The highest BCUT2D eigenvalue weighted by Gasteiger charge is 2.13. The molecular formula is C13H15Cl2N5. The Morgan fingerprint density at radius 3 is 2.55 bits per heavy atom. The quantitative estimate of drug-likeness (QED) is 0.938. The van der Waals surface area contributed by atoms with E-state index in [-0.39, 0.29) is 0 Å². The molecule has 0 aliphatic rings. The average Bonchev–Trinajstić information content (AvgIpc) is 2.42. The number of benzene rings is 1. The van der Waals surface area contributed by atoms with Gasteiger partial charge < -0.3 is 10.2 Å². The van der Waals surface area contributed by atoms with Crippen molar-refractivity contribution in [3.05, 3.63) is 28.2 Å². The van der Waals surface area contributed by atoms with Crippen LogP contribution in [-0.2, 0) is 0 Å². The molecule has 1 N–H and O–H groups in total. The Morgan fingerprint density at radius 2 is 1.90 bits per heavy atom. The Morgan fingerprint density at radius 1 is 1.15 bits per heavy atom. The van der Waals surface area contributed by atoms with Crippen LogP contribution in [0.25, 0.3) is 11.4 Å². The lowest BCUT2D eigenvalue weighted by atomic mass is 10.2. The van der Waals surface area contributed by atoms with Crippen molar-refractivity contribution in [3.63, 3.8) is 0 Å². The molecule has 2 aromatic rings. The second-order valence-corrected chi connectivity index (χ2v) is 5.09. The molecule has 0 atom stereocenters. The molecule has 2 rings (SSSR count). The monoisotopic (exact) mass is 311 g/mol. The van der Waals surface area contributed by atoms with Crippen molar-refractivity contribution in [3.8, 4) is 11.4 Å². The minimum atomic E-state index is 0.438. The summed E-state index contributed by atoms with van der Waals surface area (Å²) in [6, 6.07) is 5.38. The molecule has 0 bridgehead atoms. The van der Waals surface area contributed by atoms with E-state index in [0.29, 0.717) is 33.3 Å². The van der Waals surface area contributed by atoms with E-state index in [9.17, 15) is 0 Å². The van der Waals surface area contributed by atoms with E-state index in [1.165, 1.54) is 0 Å². The molecular weight excluding hydrogens is 297 g/mol. The molecule has 0 saturated carbocycles. The van der Waals surface area contributed by atoms with Gasteiger partial charge >= 0.3 is 0 Å². The van der Waals surface area contributed by atoms with Gasteiger partial charge in [0.2, 0.25) is 11.9 Å². The van der Waals surface area contributed by atoms with Crippen LogP contribution in [0.1, 0.15) is 6.92 Å². The molecule has 0 fully saturated rings. The molecule has 1 aromatic carbocycles. The van der Waals surface area contributed by atoms with Crippen molar-refractivity contribution < 1.29 is 0 Å². The molecule has 106 valence electrons. The van der Waals surface area contributed by atoms with Gasteiger partial charge in [-0.15, -0.1) is 0 Å². The predicted molar refractivity (Wildman–Crippen MR) is 83.8 cm³/mol. The first-order chi connectivity index (χ1) is 9.52. The van der Waals surface area contributed by atoms with Gasteiger partial charge in [0.05, 0.1) is 10.0 Å². The molecule has 7 heteroatoms. The molecule has 0 unspecified atom stereocenters. The van der Waals surface area contributed by atoms with Crippen LogP contribution >= 0.6 is 23.2 Å². The first-order valence-corrected chi connectivity index (χ1v) is 6.90. The molecule has 0 aliphatic carbocycles. The van der Waals surface area contributed by atoms with Crippen LogP contribution in [0.4, 0.5) is 11.9 Å². The van der Waals surface area contributed by atoms with Crippen molar-refractivity contribution in [2.45, 2.75) is 6.92 Å². The van der Waals surface area contributed by atoms with Crippen LogP contribution in [0, 0.1) is 0 Å². The highest BCUT2D eigenvalue weighted by atomic mass is 35.5. The van der Waals surface area contributed by atoms with E-state index in [1.54, 1.807) is 6.07 Å². The highest BCUT2D eigenvalue weighted by Crippen LogP contribution is 2.32. The number of halogens is 2. The molecule has 1 aromatic heterocycles. The lowest BCUT2D eigenvalue weighted by Crippen LogP contribution is -2.16. The van der Waals surface area contributed by atoms with Gasteiger partial charge in [0.1, 0.15) is 0 Å². The van der Waals surface area contributed by atoms with Crippen LogP contribution in [-0.4, -0.2) is 35.6 Å². The Balaban J connectivity index is 2.57. The molecule has 0 saturated heterocycles. The van der Waals surface area contributed by atoms with Gasteiger partial charge in [0.25, 0.3) is 0 Å². The number of rotatable bonds is 4. The number of hydrogen-bond donors (Lipinski definition) is 1. The Kier molecular flexibility index (Phi) is 4.62. The Labute approximate surface area is 128 Å². The summed E-state index contributed by atoms with van der Waals surface area (Å²) in [4.78, 5) is 14.9. The minimum Gasteiger partial charge on any atom is -0.354 e. The van der Waals surface area contributed by atoms with Gasteiger partial charge in [0.15, 0.2) is 5.82 Å². The maximum absolute atomic E-state index is 6.22. The van der Waals surface area contributed by atoms with Gasteiger partial charge in [-0.2, -0.15) is 15.0 Å². The van der Waals surface area contributed by atoms with Crippen molar-refractivity contribution in [2.75, 3.05) is 30.9 Å². The van der Waals surface area contributed by atoms with E-state index in [1.807, 2.05) is 38.1 Å². The van der Waals surface area contributed by atoms with Crippen LogP contribution in [0.2, 0.25) is 10.0 Å². The topological polar surface area (TPSA) is 53.9 Å². The summed E-state index contributed by atoms with van der Waals surface area (Å²) >= 11 is 12.3. The predicted octanol–water partition coefficient (Wildman–Crippen LogP) is 3.34. The lowest BCUT2D eigenvalue weighted by molar-refractivity contribution is 0.953. The fraction of sp³-hybridized carbons (Fsp3) is 0.308. The van der Waals surface area contributed by atoms with E-state index in [2.05, 4.69) is 20.3 Å². The smallest absolute Gasteiger partial charge is 0.230 e. The van der Waals surface area contributed by atoms with Crippen LogP contribution < -0.4 is 10.2 Å². The second-order valence-electron chi connectivity index (χ2n) is 4.31. The first-order valence-electron chi connectivity index (χ1n) is 6.14. The van der Waals surface area contributed by atoms with Gasteiger partial charge in [-0.25, -0.2) is 0 Å². The average molecular weight is 312 g/mol. The largest absolute Gasteiger partial charge is 0.354 e. The number of nitrogens with one attached hydrogen (secondary N) is 1. The Hall–Kier alpha value is -1.59. The molecule has 0 amide bonds. The number of hydrogen-bond acceptors (Lipinski definition) is 5. The van der Waals surface area contributed by atoms with Gasteiger partial charge in [-0.05, 0) is 19.1 Å². The van der Waals surface area contributed by atoms with Crippen molar-refractivity contribution in [1.29, 1.82) is 0 Å². The first kappa shape index (κ1) is 14.8. The zero-order valence-corrected chi connectivity index (χ0v) is 13.0. The molecule has 0 radical (unpaired) electrons. The summed E-state index contributed by atoms with van der Waals surface area (Å²) < 4.78 is 0. The molecule has 20 heavy (non-hydrogen) atoms. The number of aromatic nitrogens is 3. The summed E-state index contributed by atoms with van der Waals surface area (Å²) in [6.07, 6.45) is 0. The summed E-state index contributed by atoms with van der Waals surface area (Å²) in [6.45, 7) is 2.70. The third-order valence-electron chi connectivity index (χ3n) is 2.55. The highest BCUT2D eigenvalue weighted by molar-refractivity contribution is 6.43. The van der Waals surface area contributed by atoms with E-state index >= 15 is 0 Å². The summed E-state index contributed by atoms with van der Waals surface area (Å²) in [5, 5.41) is 3.99. The zero-order valence-electron chi connectivity index (χ0n) is 11.5. The van der Waals surface area contributed by atoms with Gasteiger partial charge in [0, 0.05) is 26.2 Å². The summed E-state index contributed by atoms with van der Waals surface area (Å²) in [7, 11) is 3.74. The molecule has 0 spiro atoms. The lowest BCUT2D eigenvalue weighted by Gasteiger charge is -2.13. The maximum atomic E-state index is 6.22. The van der Waals surface area contributed by atoms with Crippen molar-refractivity contribution >= 4 is 35.1 Å². The van der Waals surface area contributed by atoms with Crippen LogP contribution in [0.5, 0.6) is 0 Å². The minimum absolute atomic E-state index is 0.438. The summed E-state index contributed by atoms with van der Waals surface area (Å²) in [5.41, 5.74) is 0.684. The molecule has 1 heterocycles. The fourth-order valence-electron chi connectivity index (χ4n) is 1.60. The zero-order chi connectivity index (χ0) is 14.7. The normalized spacial score (nSPS) is 10.4. The van der Waals surface area contributed by atoms with Crippen LogP contribution in [0.3, 0.4) is 0 Å². The van der Waals surface area contributed by atoms with Crippen molar-refractivity contribution in [2.24, 2.45) is 0 Å². The molecule has 0 aliphatic heterocycles. The third kappa shape index (κ3) is 3.11. The second kappa shape index (κ2) is 6.24. The molecule has 5 nitrogen and oxygen atoms in total. The van der Waals surface area contributed by atoms with Gasteiger partial charge in [-0.3, -0.25) is 0 Å². The van der Waals surface area contributed by atoms with E-state index in [0.717, 1.165) is 6.54 Å². The fourth-order valence-corrected chi connectivity index (χ4v) is 1.98. The number of nitrogens with zero attached hydrogens (tertiary/aromatic N) is 4. The van der Waals surface area contributed by atoms with Crippen LogP contribution in [0.15, 0.2) is 18.2 Å². The SMILES string of the molecule is CCNc1nc(-c2cccc(Cl)c2Cl)nc(N(C)C)n1. The van der Waals surface area contributed by atoms with Gasteiger partial charge in [-0.1, -0.05) is 29.3 Å².